The Bertz CT molecular complexity index is 464. The monoisotopic (exact) mass is 265 g/mol. The molecule has 0 aliphatic carbocycles. The van der Waals surface area contributed by atoms with Gasteiger partial charge in [-0.3, -0.25) is 4.40 Å². The van der Waals surface area contributed by atoms with Gasteiger partial charge in [0.05, 0.1) is 5.69 Å². The van der Waals surface area contributed by atoms with Crippen LogP contribution in [0, 0.1) is 5.41 Å². The minimum Gasteiger partial charge on any atom is -0.314 e. The van der Waals surface area contributed by atoms with Crippen LogP contribution in [0.3, 0.4) is 0 Å². The SMILES string of the molecule is CCNC(CCc1cn2ccsc2n1)C(C)(C)C. The number of aryl methyl sites for hydroxylation is 1. The van der Waals surface area contributed by atoms with Gasteiger partial charge in [-0.05, 0) is 24.8 Å². The summed E-state index contributed by atoms with van der Waals surface area (Å²) in [6.07, 6.45) is 6.41. The smallest absolute Gasteiger partial charge is 0.193 e. The molecule has 2 aromatic rings. The van der Waals surface area contributed by atoms with Crippen LogP contribution in [0.15, 0.2) is 17.8 Å². The second-order valence-corrected chi connectivity index (χ2v) is 6.71. The lowest BCUT2D eigenvalue weighted by atomic mass is 9.84. The van der Waals surface area contributed by atoms with Crippen molar-refractivity contribution in [3.63, 3.8) is 0 Å². The predicted molar refractivity (Wildman–Crippen MR) is 78.3 cm³/mol. The molecule has 1 unspecified atom stereocenters. The fourth-order valence-corrected chi connectivity index (χ4v) is 3.00. The molecule has 0 saturated heterocycles. The van der Waals surface area contributed by atoms with Crippen LogP contribution < -0.4 is 5.32 Å². The quantitative estimate of drug-likeness (QED) is 0.898. The molecule has 0 aliphatic heterocycles. The number of nitrogens with zero attached hydrogens (tertiary/aromatic N) is 2. The first-order chi connectivity index (χ1) is 8.50. The minimum atomic E-state index is 0.299. The van der Waals surface area contributed by atoms with E-state index in [0.717, 1.165) is 24.3 Å². The number of rotatable bonds is 5. The van der Waals surface area contributed by atoms with Crippen LogP contribution in [0.1, 0.15) is 39.8 Å². The minimum absolute atomic E-state index is 0.299. The fraction of sp³-hybridized carbons (Fsp3) is 0.643. The lowest BCUT2D eigenvalue weighted by Gasteiger charge is -2.31. The lowest BCUT2D eigenvalue weighted by molar-refractivity contribution is 0.258. The zero-order chi connectivity index (χ0) is 13.2. The van der Waals surface area contributed by atoms with Crippen molar-refractivity contribution in [3.05, 3.63) is 23.5 Å². The summed E-state index contributed by atoms with van der Waals surface area (Å²) >= 11 is 1.69. The molecule has 100 valence electrons. The number of imidazole rings is 1. The third-order valence-corrected chi connectivity index (χ3v) is 4.10. The molecule has 0 saturated carbocycles. The first-order valence-electron chi connectivity index (χ1n) is 6.65. The number of hydrogen-bond donors (Lipinski definition) is 1. The van der Waals surface area contributed by atoms with E-state index < -0.39 is 0 Å². The Hall–Kier alpha value is -0.870. The highest BCUT2D eigenvalue weighted by molar-refractivity contribution is 7.15. The molecule has 3 nitrogen and oxygen atoms in total. The van der Waals surface area contributed by atoms with Gasteiger partial charge in [-0.1, -0.05) is 27.7 Å². The Morgan fingerprint density at radius 2 is 2.22 bits per heavy atom. The van der Waals surface area contributed by atoms with Gasteiger partial charge in [-0.15, -0.1) is 11.3 Å². The third kappa shape index (κ3) is 3.12. The van der Waals surface area contributed by atoms with Crippen LogP contribution in [0.25, 0.3) is 4.96 Å². The second-order valence-electron chi connectivity index (χ2n) is 5.84. The largest absolute Gasteiger partial charge is 0.314 e. The van der Waals surface area contributed by atoms with E-state index in [1.54, 1.807) is 11.3 Å². The molecule has 0 amide bonds. The molecule has 2 rings (SSSR count). The van der Waals surface area contributed by atoms with E-state index in [4.69, 9.17) is 0 Å². The molecule has 4 heteroatoms. The molecular weight excluding hydrogens is 242 g/mol. The number of hydrogen-bond acceptors (Lipinski definition) is 3. The molecular formula is C14H23N3S. The van der Waals surface area contributed by atoms with Crippen molar-refractivity contribution in [1.29, 1.82) is 0 Å². The average molecular weight is 265 g/mol. The molecule has 0 aromatic carbocycles. The van der Waals surface area contributed by atoms with E-state index in [1.807, 2.05) is 0 Å². The highest BCUT2D eigenvalue weighted by Crippen LogP contribution is 2.23. The van der Waals surface area contributed by atoms with Crippen LogP contribution >= 0.6 is 11.3 Å². The maximum Gasteiger partial charge on any atom is 0.193 e. The molecule has 1 N–H and O–H groups in total. The number of aromatic nitrogens is 2. The molecule has 1 atom stereocenters. The Kier molecular flexibility index (Phi) is 4.07. The third-order valence-electron chi connectivity index (χ3n) is 3.33. The zero-order valence-electron chi connectivity index (χ0n) is 11.7. The maximum absolute atomic E-state index is 4.64. The van der Waals surface area contributed by atoms with Gasteiger partial charge in [-0.25, -0.2) is 4.98 Å². The van der Waals surface area contributed by atoms with Gasteiger partial charge < -0.3 is 5.32 Å². The summed E-state index contributed by atoms with van der Waals surface area (Å²) in [4.78, 5) is 5.74. The number of fused-ring (bicyclic) bond motifs is 1. The van der Waals surface area contributed by atoms with E-state index in [2.05, 4.69) is 60.2 Å². The molecule has 2 heterocycles. The molecule has 2 aromatic heterocycles. The molecule has 0 spiro atoms. The molecule has 0 fully saturated rings. The van der Waals surface area contributed by atoms with Crippen LogP contribution in [0.5, 0.6) is 0 Å². The standard InChI is InChI=1S/C14H23N3S/c1-5-15-12(14(2,3)4)7-6-11-10-17-8-9-18-13(17)16-11/h8-10,12,15H,5-7H2,1-4H3. The summed E-state index contributed by atoms with van der Waals surface area (Å²) in [7, 11) is 0. The zero-order valence-corrected chi connectivity index (χ0v) is 12.5. The highest BCUT2D eigenvalue weighted by atomic mass is 32.1. The van der Waals surface area contributed by atoms with Crippen LogP contribution in [-0.4, -0.2) is 22.0 Å². The van der Waals surface area contributed by atoms with Gasteiger partial charge in [0.25, 0.3) is 0 Å². The topological polar surface area (TPSA) is 29.3 Å². The van der Waals surface area contributed by atoms with Gasteiger partial charge in [0.1, 0.15) is 0 Å². The Balaban J connectivity index is 1.98. The highest BCUT2D eigenvalue weighted by Gasteiger charge is 2.23. The van der Waals surface area contributed by atoms with Crippen molar-refractivity contribution in [1.82, 2.24) is 14.7 Å². The Morgan fingerprint density at radius 1 is 1.44 bits per heavy atom. The second kappa shape index (κ2) is 5.41. The van der Waals surface area contributed by atoms with Crippen LogP contribution in [-0.2, 0) is 6.42 Å². The van der Waals surface area contributed by atoms with Crippen LogP contribution in [0.4, 0.5) is 0 Å². The maximum atomic E-state index is 4.64. The van der Waals surface area contributed by atoms with Gasteiger partial charge in [0.2, 0.25) is 0 Å². The van der Waals surface area contributed by atoms with Crippen molar-refractivity contribution >= 4 is 16.3 Å². The van der Waals surface area contributed by atoms with Crippen molar-refractivity contribution in [2.45, 2.75) is 46.6 Å². The summed E-state index contributed by atoms with van der Waals surface area (Å²) in [6, 6.07) is 0.544. The van der Waals surface area contributed by atoms with E-state index >= 15 is 0 Å². The Morgan fingerprint density at radius 3 is 2.83 bits per heavy atom. The van der Waals surface area contributed by atoms with Crippen LogP contribution in [0.2, 0.25) is 0 Å². The van der Waals surface area contributed by atoms with E-state index in [9.17, 15) is 0 Å². The van der Waals surface area contributed by atoms with Crippen molar-refractivity contribution in [2.75, 3.05) is 6.54 Å². The first-order valence-corrected chi connectivity index (χ1v) is 7.53. The van der Waals surface area contributed by atoms with Gasteiger partial charge in [0, 0.05) is 23.8 Å². The Labute approximate surface area is 113 Å². The van der Waals surface area contributed by atoms with E-state index in [-0.39, 0.29) is 0 Å². The summed E-state index contributed by atoms with van der Waals surface area (Å²) in [5, 5.41) is 5.66. The summed E-state index contributed by atoms with van der Waals surface area (Å²) < 4.78 is 2.11. The van der Waals surface area contributed by atoms with Crippen molar-refractivity contribution < 1.29 is 0 Å². The normalized spacial score (nSPS) is 14.2. The molecule has 18 heavy (non-hydrogen) atoms. The molecule has 0 radical (unpaired) electrons. The summed E-state index contributed by atoms with van der Waals surface area (Å²) in [5.41, 5.74) is 1.50. The summed E-state index contributed by atoms with van der Waals surface area (Å²) in [5.74, 6) is 0. The molecule has 0 bridgehead atoms. The van der Waals surface area contributed by atoms with Gasteiger partial charge in [0.15, 0.2) is 4.96 Å². The lowest BCUT2D eigenvalue weighted by Crippen LogP contribution is -2.40. The van der Waals surface area contributed by atoms with E-state index in [1.165, 1.54) is 5.69 Å². The van der Waals surface area contributed by atoms with Crippen molar-refractivity contribution in [3.8, 4) is 0 Å². The van der Waals surface area contributed by atoms with Crippen molar-refractivity contribution in [2.24, 2.45) is 5.41 Å². The van der Waals surface area contributed by atoms with Gasteiger partial charge >= 0.3 is 0 Å². The first kappa shape index (κ1) is 13.6. The number of thiazole rings is 1. The van der Waals surface area contributed by atoms with Gasteiger partial charge in [-0.2, -0.15) is 0 Å². The fourth-order valence-electron chi connectivity index (χ4n) is 2.28. The predicted octanol–water partition coefficient (Wildman–Crippen LogP) is 3.35. The average Bonchev–Trinajstić information content (AvgIpc) is 2.82. The molecule has 0 aliphatic rings. The number of nitrogens with one attached hydrogen (secondary N) is 1. The van der Waals surface area contributed by atoms with E-state index in [0.29, 0.717) is 11.5 Å². The summed E-state index contributed by atoms with van der Waals surface area (Å²) in [6.45, 7) is 10.1.